The zero-order valence-electron chi connectivity index (χ0n) is 10.9. The Hall–Kier alpha value is -1.52. The van der Waals surface area contributed by atoms with Gasteiger partial charge in [-0.2, -0.15) is 0 Å². The summed E-state index contributed by atoms with van der Waals surface area (Å²) in [4.78, 5) is 4.44. The monoisotopic (exact) mass is 349 g/mol. The van der Waals surface area contributed by atoms with Gasteiger partial charge in [-0.15, -0.1) is 0 Å². The molecule has 0 aliphatic rings. The van der Waals surface area contributed by atoms with Crippen molar-refractivity contribution in [2.75, 3.05) is 5.73 Å². The lowest BCUT2D eigenvalue weighted by molar-refractivity contribution is 0.819. The maximum atomic E-state index is 6.17. The van der Waals surface area contributed by atoms with E-state index < -0.39 is 0 Å². The van der Waals surface area contributed by atoms with Gasteiger partial charge in [-0.1, -0.05) is 23.7 Å². The van der Waals surface area contributed by atoms with Crippen LogP contribution in [0.25, 0.3) is 11.0 Å². The number of nitrogen functional groups attached to an aromatic ring is 1. The van der Waals surface area contributed by atoms with Crippen molar-refractivity contribution in [3.63, 3.8) is 0 Å². The summed E-state index contributed by atoms with van der Waals surface area (Å²) in [6, 6.07) is 9.75. The summed E-state index contributed by atoms with van der Waals surface area (Å²) in [5.41, 5.74) is 10.8. The average Bonchev–Trinajstić information content (AvgIpc) is 2.78. The SMILES string of the molecule is Cc1c(Cl)cccc1Cn1cnc2c(Br)cc(N)cc21. The van der Waals surface area contributed by atoms with E-state index in [1.165, 1.54) is 5.56 Å². The van der Waals surface area contributed by atoms with E-state index in [4.69, 9.17) is 17.3 Å². The molecule has 2 N–H and O–H groups in total. The first kappa shape index (κ1) is 13.5. The normalized spacial score (nSPS) is 11.2. The Kier molecular flexibility index (Phi) is 3.44. The molecule has 0 aliphatic heterocycles. The number of nitrogens with zero attached hydrogens (tertiary/aromatic N) is 2. The molecular formula is C15H13BrClN3. The van der Waals surface area contributed by atoms with Crippen LogP contribution in [0.1, 0.15) is 11.1 Å². The second-order valence-electron chi connectivity index (χ2n) is 4.77. The van der Waals surface area contributed by atoms with Crippen LogP contribution in [-0.2, 0) is 6.54 Å². The van der Waals surface area contributed by atoms with Gasteiger partial charge in [0.05, 0.1) is 11.8 Å². The number of imidazole rings is 1. The molecule has 0 fully saturated rings. The average molecular weight is 351 g/mol. The first-order valence-corrected chi connectivity index (χ1v) is 7.37. The molecule has 0 radical (unpaired) electrons. The highest BCUT2D eigenvalue weighted by atomic mass is 79.9. The van der Waals surface area contributed by atoms with Crippen molar-refractivity contribution in [3.05, 3.63) is 57.3 Å². The topological polar surface area (TPSA) is 43.8 Å². The van der Waals surface area contributed by atoms with Crippen LogP contribution in [0.2, 0.25) is 5.02 Å². The lowest BCUT2D eigenvalue weighted by Gasteiger charge is -2.09. The molecule has 3 aromatic rings. The second kappa shape index (κ2) is 5.11. The van der Waals surface area contributed by atoms with E-state index in [1.54, 1.807) is 0 Å². The minimum atomic E-state index is 0.717. The van der Waals surface area contributed by atoms with E-state index in [2.05, 4.69) is 31.5 Å². The zero-order chi connectivity index (χ0) is 14.3. The fourth-order valence-corrected chi connectivity index (χ4v) is 3.04. The molecule has 3 nitrogen and oxygen atoms in total. The van der Waals surface area contributed by atoms with Gasteiger partial charge in [0.1, 0.15) is 5.52 Å². The molecule has 0 saturated carbocycles. The highest BCUT2D eigenvalue weighted by Crippen LogP contribution is 2.27. The zero-order valence-corrected chi connectivity index (χ0v) is 13.2. The Balaban J connectivity index is 2.09. The number of rotatable bonds is 2. The van der Waals surface area contributed by atoms with Crippen molar-refractivity contribution < 1.29 is 0 Å². The number of halogens is 2. The van der Waals surface area contributed by atoms with Crippen LogP contribution in [0, 0.1) is 6.92 Å². The molecule has 0 amide bonds. The van der Waals surface area contributed by atoms with E-state index in [-0.39, 0.29) is 0 Å². The lowest BCUT2D eigenvalue weighted by atomic mass is 10.1. The van der Waals surface area contributed by atoms with Gasteiger partial charge in [0.15, 0.2) is 0 Å². The van der Waals surface area contributed by atoms with Crippen LogP contribution >= 0.6 is 27.5 Å². The summed E-state index contributed by atoms with van der Waals surface area (Å²) in [7, 11) is 0. The molecule has 0 saturated heterocycles. The van der Waals surface area contributed by atoms with Crippen LogP contribution in [0.5, 0.6) is 0 Å². The molecule has 0 atom stereocenters. The maximum Gasteiger partial charge on any atom is 0.103 e. The predicted molar refractivity (Wildman–Crippen MR) is 87.1 cm³/mol. The number of anilines is 1. The fraction of sp³-hybridized carbons (Fsp3) is 0.133. The number of hydrogen-bond acceptors (Lipinski definition) is 2. The summed E-state index contributed by atoms with van der Waals surface area (Å²) < 4.78 is 2.99. The fourth-order valence-electron chi connectivity index (χ4n) is 2.27. The second-order valence-corrected chi connectivity index (χ2v) is 6.03. The molecular weight excluding hydrogens is 338 g/mol. The number of benzene rings is 2. The highest BCUT2D eigenvalue weighted by molar-refractivity contribution is 9.10. The number of hydrogen-bond donors (Lipinski definition) is 1. The van der Waals surface area contributed by atoms with Gasteiger partial charge in [0, 0.05) is 21.7 Å². The van der Waals surface area contributed by atoms with Crippen LogP contribution in [0.3, 0.4) is 0 Å². The maximum absolute atomic E-state index is 6.17. The van der Waals surface area contributed by atoms with Gasteiger partial charge >= 0.3 is 0 Å². The summed E-state index contributed by atoms with van der Waals surface area (Å²) in [5, 5.41) is 0.785. The van der Waals surface area contributed by atoms with Crippen molar-refractivity contribution in [2.45, 2.75) is 13.5 Å². The summed E-state index contributed by atoms with van der Waals surface area (Å²) >= 11 is 9.67. The lowest BCUT2D eigenvalue weighted by Crippen LogP contribution is -2.00. The highest BCUT2D eigenvalue weighted by Gasteiger charge is 2.09. The third-order valence-corrected chi connectivity index (χ3v) is 4.44. The standard InChI is InChI=1S/C15H13BrClN3/c1-9-10(3-2-4-13(9)17)7-20-8-19-15-12(16)5-11(18)6-14(15)20/h2-6,8H,7,18H2,1H3. The summed E-state index contributed by atoms with van der Waals surface area (Å²) in [6.45, 7) is 2.75. The van der Waals surface area contributed by atoms with Crippen molar-refractivity contribution >= 4 is 44.3 Å². The Morgan fingerprint density at radius 3 is 2.95 bits per heavy atom. The van der Waals surface area contributed by atoms with Gasteiger partial charge in [-0.05, 0) is 52.2 Å². The Morgan fingerprint density at radius 1 is 1.35 bits per heavy atom. The molecule has 5 heteroatoms. The van der Waals surface area contributed by atoms with Crippen molar-refractivity contribution in [1.29, 1.82) is 0 Å². The largest absolute Gasteiger partial charge is 0.399 e. The van der Waals surface area contributed by atoms with E-state index in [9.17, 15) is 0 Å². The molecule has 2 aromatic carbocycles. The van der Waals surface area contributed by atoms with Gasteiger partial charge in [-0.25, -0.2) is 4.98 Å². The van der Waals surface area contributed by atoms with Gasteiger partial charge in [-0.3, -0.25) is 0 Å². The molecule has 3 rings (SSSR count). The first-order chi connectivity index (χ1) is 9.56. The number of fused-ring (bicyclic) bond motifs is 1. The van der Waals surface area contributed by atoms with Gasteiger partial charge in [0.25, 0.3) is 0 Å². The predicted octanol–water partition coefficient (Wildman–Crippen LogP) is 4.39. The first-order valence-electron chi connectivity index (χ1n) is 6.20. The molecule has 20 heavy (non-hydrogen) atoms. The Morgan fingerprint density at radius 2 is 2.15 bits per heavy atom. The van der Waals surface area contributed by atoms with E-state index >= 15 is 0 Å². The van der Waals surface area contributed by atoms with E-state index in [0.29, 0.717) is 5.69 Å². The van der Waals surface area contributed by atoms with E-state index in [0.717, 1.165) is 32.6 Å². The smallest absolute Gasteiger partial charge is 0.103 e. The number of nitrogens with two attached hydrogens (primary N) is 1. The number of aromatic nitrogens is 2. The van der Waals surface area contributed by atoms with Gasteiger partial charge < -0.3 is 10.3 Å². The van der Waals surface area contributed by atoms with Crippen molar-refractivity contribution in [2.24, 2.45) is 0 Å². The van der Waals surface area contributed by atoms with Gasteiger partial charge in [0.2, 0.25) is 0 Å². The van der Waals surface area contributed by atoms with Crippen LogP contribution in [-0.4, -0.2) is 9.55 Å². The minimum Gasteiger partial charge on any atom is -0.399 e. The van der Waals surface area contributed by atoms with Crippen LogP contribution < -0.4 is 5.73 Å². The molecule has 102 valence electrons. The molecule has 0 spiro atoms. The van der Waals surface area contributed by atoms with E-state index in [1.807, 2.05) is 37.5 Å². The summed E-state index contributed by atoms with van der Waals surface area (Å²) in [6.07, 6.45) is 1.83. The Bertz CT molecular complexity index is 795. The van der Waals surface area contributed by atoms with Crippen molar-refractivity contribution in [3.8, 4) is 0 Å². The quantitative estimate of drug-likeness (QED) is 0.697. The molecule has 1 heterocycles. The third-order valence-electron chi connectivity index (χ3n) is 3.42. The molecule has 0 bridgehead atoms. The third kappa shape index (κ3) is 2.30. The Labute approximate surface area is 130 Å². The molecule has 0 unspecified atom stereocenters. The van der Waals surface area contributed by atoms with Crippen LogP contribution in [0.15, 0.2) is 41.1 Å². The van der Waals surface area contributed by atoms with Crippen molar-refractivity contribution in [1.82, 2.24) is 9.55 Å². The van der Waals surface area contributed by atoms with Crippen LogP contribution in [0.4, 0.5) is 5.69 Å². The summed E-state index contributed by atoms with van der Waals surface area (Å²) in [5.74, 6) is 0. The molecule has 0 aliphatic carbocycles. The minimum absolute atomic E-state index is 0.717. The molecule has 1 aromatic heterocycles.